The SMILES string of the molecule is CC(C)(C)c1ccc(S(=O)(=O)NCc2ccccc2CO)cc1. The van der Waals surface area contributed by atoms with Gasteiger partial charge in [-0.2, -0.15) is 0 Å². The predicted molar refractivity (Wildman–Crippen MR) is 91.5 cm³/mol. The Hall–Kier alpha value is -1.69. The molecule has 0 aliphatic rings. The van der Waals surface area contributed by atoms with E-state index in [0.717, 1.165) is 16.7 Å². The van der Waals surface area contributed by atoms with E-state index in [1.165, 1.54) is 0 Å². The van der Waals surface area contributed by atoms with Crippen LogP contribution >= 0.6 is 0 Å². The van der Waals surface area contributed by atoms with Crippen LogP contribution in [0.4, 0.5) is 0 Å². The number of rotatable bonds is 5. The maximum Gasteiger partial charge on any atom is 0.240 e. The summed E-state index contributed by atoms with van der Waals surface area (Å²) in [5.74, 6) is 0. The number of nitrogens with one attached hydrogen (secondary N) is 1. The molecule has 4 nitrogen and oxygen atoms in total. The summed E-state index contributed by atoms with van der Waals surface area (Å²) in [4.78, 5) is 0.243. The van der Waals surface area contributed by atoms with Gasteiger partial charge in [-0.05, 0) is 34.2 Å². The van der Waals surface area contributed by atoms with Crippen molar-refractivity contribution in [2.24, 2.45) is 0 Å². The lowest BCUT2D eigenvalue weighted by Gasteiger charge is -2.19. The second-order valence-electron chi connectivity index (χ2n) is 6.53. The van der Waals surface area contributed by atoms with Gasteiger partial charge in [0.1, 0.15) is 0 Å². The molecule has 2 rings (SSSR count). The zero-order valence-electron chi connectivity index (χ0n) is 13.7. The maximum absolute atomic E-state index is 12.4. The molecule has 0 spiro atoms. The van der Waals surface area contributed by atoms with E-state index in [-0.39, 0.29) is 23.5 Å². The molecule has 23 heavy (non-hydrogen) atoms. The second kappa shape index (κ2) is 6.83. The second-order valence-corrected chi connectivity index (χ2v) is 8.29. The van der Waals surface area contributed by atoms with E-state index in [0.29, 0.717) is 0 Å². The predicted octanol–water partition coefficient (Wildman–Crippen LogP) is 2.95. The summed E-state index contributed by atoms with van der Waals surface area (Å²) in [5, 5.41) is 9.29. The zero-order chi connectivity index (χ0) is 17.1. The summed E-state index contributed by atoms with van der Waals surface area (Å²) in [6, 6.07) is 14.2. The Morgan fingerprint density at radius 2 is 1.52 bits per heavy atom. The first kappa shape index (κ1) is 17.7. The number of benzene rings is 2. The molecule has 0 fully saturated rings. The van der Waals surface area contributed by atoms with Crippen LogP contribution in [0.1, 0.15) is 37.5 Å². The molecule has 124 valence electrons. The minimum absolute atomic E-state index is 0.0181. The van der Waals surface area contributed by atoms with E-state index in [2.05, 4.69) is 25.5 Å². The monoisotopic (exact) mass is 333 g/mol. The van der Waals surface area contributed by atoms with Gasteiger partial charge in [-0.25, -0.2) is 13.1 Å². The van der Waals surface area contributed by atoms with Gasteiger partial charge in [0.05, 0.1) is 11.5 Å². The van der Waals surface area contributed by atoms with Gasteiger partial charge >= 0.3 is 0 Å². The fraction of sp³-hybridized carbons (Fsp3) is 0.333. The molecular formula is C18H23NO3S. The largest absolute Gasteiger partial charge is 0.392 e. The third kappa shape index (κ3) is 4.41. The molecule has 0 amide bonds. The summed E-state index contributed by atoms with van der Waals surface area (Å²) in [6.45, 7) is 6.29. The van der Waals surface area contributed by atoms with Crippen LogP contribution in [0.25, 0.3) is 0 Å². The van der Waals surface area contributed by atoms with Gasteiger partial charge in [0, 0.05) is 6.54 Å². The minimum Gasteiger partial charge on any atom is -0.392 e. The first-order valence-electron chi connectivity index (χ1n) is 7.52. The van der Waals surface area contributed by atoms with Crippen LogP contribution in [0.2, 0.25) is 0 Å². The van der Waals surface area contributed by atoms with Crippen molar-refractivity contribution in [3.8, 4) is 0 Å². The molecule has 0 saturated carbocycles. The Kier molecular flexibility index (Phi) is 5.24. The standard InChI is InChI=1S/C18H23NO3S/c1-18(2,3)16-8-10-17(11-9-16)23(21,22)19-12-14-6-4-5-7-15(14)13-20/h4-11,19-20H,12-13H2,1-3H3. The summed E-state index contributed by atoms with van der Waals surface area (Å²) in [5.41, 5.74) is 2.56. The fourth-order valence-electron chi connectivity index (χ4n) is 2.27. The highest BCUT2D eigenvalue weighted by Gasteiger charge is 2.17. The third-order valence-corrected chi connectivity index (χ3v) is 5.19. The van der Waals surface area contributed by atoms with Crippen LogP contribution in [-0.4, -0.2) is 13.5 Å². The van der Waals surface area contributed by atoms with Gasteiger partial charge in [-0.1, -0.05) is 57.2 Å². The van der Waals surface area contributed by atoms with Crippen molar-refractivity contribution in [3.05, 3.63) is 65.2 Å². The lowest BCUT2D eigenvalue weighted by atomic mass is 9.87. The fourth-order valence-corrected chi connectivity index (χ4v) is 3.28. The first-order chi connectivity index (χ1) is 10.7. The Morgan fingerprint density at radius 1 is 0.957 bits per heavy atom. The summed E-state index contributed by atoms with van der Waals surface area (Å²) < 4.78 is 27.4. The molecule has 0 heterocycles. The van der Waals surface area contributed by atoms with Crippen LogP contribution in [-0.2, 0) is 28.6 Å². The van der Waals surface area contributed by atoms with Gasteiger partial charge in [0.2, 0.25) is 10.0 Å². The van der Waals surface area contributed by atoms with E-state index < -0.39 is 10.0 Å². The Morgan fingerprint density at radius 3 is 2.04 bits per heavy atom. The average molecular weight is 333 g/mol. The van der Waals surface area contributed by atoms with E-state index in [4.69, 9.17) is 0 Å². The highest BCUT2D eigenvalue weighted by molar-refractivity contribution is 7.89. The van der Waals surface area contributed by atoms with Crippen LogP contribution in [0.3, 0.4) is 0 Å². The molecule has 0 bridgehead atoms. The zero-order valence-corrected chi connectivity index (χ0v) is 14.5. The molecule has 0 saturated heterocycles. The lowest BCUT2D eigenvalue weighted by Crippen LogP contribution is -2.24. The van der Waals surface area contributed by atoms with Gasteiger partial charge < -0.3 is 5.11 Å². The number of aliphatic hydroxyl groups is 1. The van der Waals surface area contributed by atoms with Gasteiger partial charge in [0.25, 0.3) is 0 Å². The van der Waals surface area contributed by atoms with E-state index in [1.807, 2.05) is 24.3 Å². The van der Waals surface area contributed by atoms with Crippen LogP contribution in [0.15, 0.2) is 53.4 Å². The average Bonchev–Trinajstić information content (AvgIpc) is 2.52. The molecule has 0 aromatic heterocycles. The number of aliphatic hydroxyl groups excluding tert-OH is 1. The summed E-state index contributed by atoms with van der Waals surface area (Å²) >= 11 is 0. The highest BCUT2D eigenvalue weighted by Crippen LogP contribution is 2.23. The molecule has 0 radical (unpaired) electrons. The topological polar surface area (TPSA) is 66.4 Å². The Bertz CT molecular complexity index is 760. The van der Waals surface area contributed by atoms with E-state index in [1.54, 1.807) is 24.3 Å². The van der Waals surface area contributed by atoms with E-state index >= 15 is 0 Å². The Balaban J connectivity index is 2.16. The van der Waals surface area contributed by atoms with Crippen LogP contribution < -0.4 is 4.72 Å². The van der Waals surface area contributed by atoms with Crippen LogP contribution in [0.5, 0.6) is 0 Å². The lowest BCUT2D eigenvalue weighted by molar-refractivity contribution is 0.280. The summed E-state index contributed by atoms with van der Waals surface area (Å²) in [7, 11) is -3.58. The molecule has 2 N–H and O–H groups in total. The molecular weight excluding hydrogens is 310 g/mol. The van der Waals surface area contributed by atoms with Gasteiger partial charge in [-0.15, -0.1) is 0 Å². The highest BCUT2D eigenvalue weighted by atomic mass is 32.2. The van der Waals surface area contributed by atoms with Gasteiger partial charge in [-0.3, -0.25) is 0 Å². The van der Waals surface area contributed by atoms with Crippen molar-refractivity contribution in [1.29, 1.82) is 0 Å². The molecule has 0 aliphatic heterocycles. The maximum atomic E-state index is 12.4. The molecule has 0 aliphatic carbocycles. The quantitative estimate of drug-likeness (QED) is 0.884. The number of hydrogen-bond acceptors (Lipinski definition) is 3. The van der Waals surface area contributed by atoms with E-state index in [9.17, 15) is 13.5 Å². The number of sulfonamides is 1. The smallest absolute Gasteiger partial charge is 0.240 e. The summed E-state index contributed by atoms with van der Waals surface area (Å²) in [6.07, 6.45) is 0. The minimum atomic E-state index is -3.58. The van der Waals surface area contributed by atoms with Crippen molar-refractivity contribution in [2.75, 3.05) is 0 Å². The first-order valence-corrected chi connectivity index (χ1v) is 9.00. The van der Waals surface area contributed by atoms with Crippen LogP contribution in [0, 0.1) is 0 Å². The van der Waals surface area contributed by atoms with Crippen molar-refractivity contribution < 1.29 is 13.5 Å². The molecule has 2 aromatic carbocycles. The van der Waals surface area contributed by atoms with Crippen molar-refractivity contribution >= 4 is 10.0 Å². The normalized spacial score (nSPS) is 12.3. The van der Waals surface area contributed by atoms with Crippen molar-refractivity contribution in [3.63, 3.8) is 0 Å². The molecule has 0 atom stereocenters. The van der Waals surface area contributed by atoms with Gasteiger partial charge in [0.15, 0.2) is 0 Å². The molecule has 0 unspecified atom stereocenters. The van der Waals surface area contributed by atoms with Crippen molar-refractivity contribution in [1.82, 2.24) is 4.72 Å². The molecule has 2 aromatic rings. The third-order valence-electron chi connectivity index (χ3n) is 3.77. The Labute approximate surface area is 138 Å². The molecule has 5 heteroatoms. The van der Waals surface area contributed by atoms with Crippen molar-refractivity contribution in [2.45, 2.75) is 44.2 Å². The number of hydrogen-bond donors (Lipinski definition) is 2.